The number of halogens is 1. The first-order valence-corrected chi connectivity index (χ1v) is 0.707. The van der Waals surface area contributed by atoms with Crippen LogP contribution in [-0.4, -0.2) is 45.1 Å². The molecule has 0 aromatic heterocycles. The molecule has 0 atom stereocenters. The van der Waals surface area contributed by atoms with Crippen molar-refractivity contribution in [2.75, 3.05) is 0 Å². The van der Waals surface area contributed by atoms with Crippen LogP contribution >= 0.6 is 0 Å². The second-order valence-corrected chi connectivity index (χ2v) is 0.289. The fraction of sp³-hybridized carbons (Fsp3) is 0. The fourth-order valence-electron chi connectivity index (χ4n) is 0. The molecule has 0 N–H and O–H groups in total. The van der Waals surface area contributed by atoms with Crippen LogP contribution in [0, 0.1) is 12.4 Å². The van der Waals surface area contributed by atoms with E-state index >= 15 is 0 Å². The Labute approximate surface area is 72.0 Å². The van der Waals surface area contributed by atoms with E-state index in [1.54, 1.807) is 0 Å². The van der Waals surface area contributed by atoms with Crippen LogP contribution in [0.2, 0.25) is 0 Å². The summed E-state index contributed by atoms with van der Waals surface area (Å²) in [7, 11) is -2.92. The Morgan fingerprint density at radius 2 is 1.00 bits per heavy atom. The summed E-state index contributed by atoms with van der Waals surface area (Å²) >= 11 is 0. The Morgan fingerprint density at radius 1 is 1.00 bits per heavy atom. The van der Waals surface area contributed by atoms with E-state index in [4.69, 9.17) is 15.1 Å². The van der Waals surface area contributed by atoms with E-state index in [1.165, 1.54) is 0 Å². The summed E-state index contributed by atoms with van der Waals surface area (Å²) < 4.78 is 0. The third-order valence-corrected chi connectivity index (χ3v) is 0. The average molecular weight is 136 g/mol. The minimum absolute atomic E-state index is 0. The summed E-state index contributed by atoms with van der Waals surface area (Å²) in [6.07, 6.45) is 0. The van der Waals surface area contributed by atoms with Crippen molar-refractivity contribution in [2.45, 2.75) is 0 Å². The van der Waals surface area contributed by atoms with Gasteiger partial charge in [-0.15, -0.1) is 0 Å². The van der Waals surface area contributed by atoms with Gasteiger partial charge in [-0.25, -0.2) is 0 Å². The van der Waals surface area contributed by atoms with E-state index < -0.39 is 7.32 Å². The van der Waals surface area contributed by atoms with Gasteiger partial charge in [-0.2, -0.15) is 0 Å². The summed E-state index contributed by atoms with van der Waals surface area (Å²) in [6, 6.07) is 0. The molecule has 0 aliphatic carbocycles. The van der Waals surface area contributed by atoms with Crippen molar-refractivity contribution >= 4 is 45.1 Å². The first kappa shape index (κ1) is 15.6. The van der Waals surface area contributed by atoms with E-state index in [-0.39, 0.29) is 50.1 Å². The molecule has 0 saturated heterocycles. The van der Waals surface area contributed by atoms with Crippen molar-refractivity contribution in [3.8, 4) is 0 Å². The molecule has 0 fully saturated rings. The first-order chi connectivity index (χ1) is 1.73. The molecule has 0 heterocycles. The summed E-state index contributed by atoms with van der Waals surface area (Å²) in [4.78, 5) is 0. The summed E-state index contributed by atoms with van der Waals surface area (Å²) in [5, 5.41) is 25.2. The molecule has 0 aliphatic heterocycles. The van der Waals surface area contributed by atoms with Gasteiger partial charge in [0.05, 0.1) is 12.4 Å². The summed E-state index contributed by atoms with van der Waals surface area (Å²) in [5.74, 6) is 0. The third kappa shape index (κ3) is 49.7. The molecule has 0 saturated carbocycles. The standard InChI is InChI=1S/BO3.Ca.ClH2/c2-1(3)4;;/h;;1H2/q-3;+2;+1. The minimum Gasteiger partial charge on any atom is -0.907 e. The molecule has 0 rings (SSSR count). The molecule has 0 radical (unpaired) electrons. The number of hydrogen-bond acceptors (Lipinski definition) is 3. The zero-order valence-electron chi connectivity index (χ0n) is 2.96. The maximum atomic E-state index is 8.42. The van der Waals surface area contributed by atoms with Gasteiger partial charge in [0.15, 0.2) is 0 Å². The van der Waals surface area contributed by atoms with Gasteiger partial charge >= 0.3 is 37.7 Å². The first-order valence-electron chi connectivity index (χ1n) is 0.707. The van der Waals surface area contributed by atoms with Crippen LogP contribution in [0.5, 0.6) is 0 Å². The van der Waals surface area contributed by atoms with Gasteiger partial charge in [0.1, 0.15) is 0 Å². The van der Waals surface area contributed by atoms with Gasteiger partial charge in [-0.05, 0) is 0 Å². The predicted molar refractivity (Wildman–Crippen MR) is 14.3 cm³/mol. The molecule has 0 bridgehead atoms. The smallest absolute Gasteiger partial charge is 0.907 e. The molecule has 0 unspecified atom stereocenters. The van der Waals surface area contributed by atoms with Crippen molar-refractivity contribution in [1.82, 2.24) is 0 Å². The molecular formula is H2BCaClO3. The van der Waals surface area contributed by atoms with Crippen LogP contribution in [-0.2, 0) is 0 Å². The van der Waals surface area contributed by atoms with Gasteiger partial charge in [0, 0.05) is 0 Å². The van der Waals surface area contributed by atoms with Crippen molar-refractivity contribution in [3.05, 3.63) is 0 Å². The summed E-state index contributed by atoms with van der Waals surface area (Å²) in [6.45, 7) is 0. The Hall–Kier alpha value is 1.49. The SMILES string of the molecule is [Ca+2].[ClH2+].[O-]B([O-])[O-]. The minimum atomic E-state index is -2.92. The maximum absolute atomic E-state index is 8.42. The molecule has 0 spiro atoms. The van der Waals surface area contributed by atoms with Gasteiger partial charge in [-0.3, -0.25) is 7.32 Å². The monoisotopic (exact) mass is 136 g/mol. The molecule has 0 aromatic rings. The molecule has 0 amide bonds. The van der Waals surface area contributed by atoms with Crippen LogP contribution in [0.3, 0.4) is 0 Å². The second kappa shape index (κ2) is 9.71. The van der Waals surface area contributed by atoms with E-state index in [0.717, 1.165) is 0 Å². The van der Waals surface area contributed by atoms with E-state index in [2.05, 4.69) is 0 Å². The van der Waals surface area contributed by atoms with E-state index in [1.807, 2.05) is 0 Å². The molecule has 6 heteroatoms. The Balaban J connectivity index is -0.0000000450. The topological polar surface area (TPSA) is 69.2 Å². The normalized spacial score (nSPS) is 4.50. The molecule has 3 nitrogen and oxygen atoms in total. The summed E-state index contributed by atoms with van der Waals surface area (Å²) in [5.41, 5.74) is 0. The molecule has 0 aliphatic rings. The van der Waals surface area contributed by atoms with Gasteiger partial charge in [0.25, 0.3) is 0 Å². The molecular weight excluding hydrogens is 134 g/mol. The number of rotatable bonds is 0. The Morgan fingerprint density at radius 3 is 1.00 bits per heavy atom. The van der Waals surface area contributed by atoms with Gasteiger partial charge in [0.2, 0.25) is 0 Å². The van der Waals surface area contributed by atoms with Crippen LogP contribution < -0.4 is 15.1 Å². The zero-order chi connectivity index (χ0) is 3.58. The van der Waals surface area contributed by atoms with Crippen molar-refractivity contribution < 1.29 is 27.5 Å². The third-order valence-electron chi connectivity index (χ3n) is 0. The average Bonchev–Trinajstić information content (AvgIpc) is 0.811. The molecule has 6 heavy (non-hydrogen) atoms. The predicted octanol–water partition coefficient (Wildman–Crippen LogP) is -4.86. The van der Waals surface area contributed by atoms with E-state index in [9.17, 15) is 0 Å². The van der Waals surface area contributed by atoms with E-state index in [0.29, 0.717) is 0 Å². The quantitative estimate of drug-likeness (QED) is 0.314. The Kier molecular flexibility index (Phi) is 25.3. The van der Waals surface area contributed by atoms with Crippen LogP contribution in [0.15, 0.2) is 0 Å². The van der Waals surface area contributed by atoms with Crippen LogP contribution in [0.25, 0.3) is 0 Å². The fourth-order valence-corrected chi connectivity index (χ4v) is 0. The molecule has 32 valence electrons. The number of hydrogen-bond donors (Lipinski definition) is 0. The van der Waals surface area contributed by atoms with Crippen molar-refractivity contribution in [2.24, 2.45) is 0 Å². The zero-order valence-corrected chi connectivity index (χ0v) is 6.06. The largest absolute Gasteiger partial charge is 2.00 e. The van der Waals surface area contributed by atoms with Crippen LogP contribution in [0.1, 0.15) is 0 Å². The second-order valence-electron chi connectivity index (χ2n) is 0.289. The van der Waals surface area contributed by atoms with Crippen molar-refractivity contribution in [1.29, 1.82) is 0 Å². The van der Waals surface area contributed by atoms with Gasteiger partial charge < -0.3 is 15.1 Å². The van der Waals surface area contributed by atoms with Crippen LogP contribution in [0.4, 0.5) is 0 Å². The maximum Gasteiger partial charge on any atom is 2.00 e. The van der Waals surface area contributed by atoms with Crippen molar-refractivity contribution in [3.63, 3.8) is 0 Å². The van der Waals surface area contributed by atoms with Gasteiger partial charge in [-0.1, -0.05) is 0 Å². The Bertz CT molecular complexity index is 15.5. The molecule has 0 aromatic carbocycles.